The number of ether oxygens (including phenoxy) is 1. The largest absolute Gasteiger partial charge is 0.466 e. The molecule has 0 bridgehead atoms. The molecule has 3 aromatic rings. The van der Waals surface area contributed by atoms with Crippen LogP contribution in [0.2, 0.25) is 0 Å². The summed E-state index contributed by atoms with van der Waals surface area (Å²) >= 11 is 2.56. The lowest BCUT2D eigenvalue weighted by molar-refractivity contribution is 0.0167. The molecule has 0 amide bonds. The second-order valence-electron chi connectivity index (χ2n) is 5.33. The van der Waals surface area contributed by atoms with Gasteiger partial charge < -0.3 is 9.84 Å². The Morgan fingerprint density at radius 2 is 2.16 bits per heavy atom. The second-order valence-corrected chi connectivity index (χ2v) is 7.67. The number of aromatic nitrogens is 5. The molecule has 10 heteroatoms. The van der Waals surface area contributed by atoms with Crippen LogP contribution in [0.25, 0.3) is 0 Å². The minimum Gasteiger partial charge on any atom is -0.466 e. The molecule has 0 radical (unpaired) electrons. The maximum absolute atomic E-state index is 13.3. The Morgan fingerprint density at radius 3 is 2.76 bits per heavy atom. The number of halogens is 1. The average Bonchev–Trinajstić information content (AvgIpc) is 3.27. The summed E-state index contributed by atoms with van der Waals surface area (Å²) in [6, 6.07) is 6.09. The van der Waals surface area contributed by atoms with E-state index in [9.17, 15) is 9.50 Å². The second kappa shape index (κ2) is 7.46. The highest BCUT2D eigenvalue weighted by atomic mass is 32.2. The molecule has 7 nitrogen and oxygen atoms in total. The van der Waals surface area contributed by atoms with Crippen molar-refractivity contribution in [2.45, 2.75) is 28.7 Å². The molecule has 2 unspecified atom stereocenters. The fourth-order valence-electron chi connectivity index (χ4n) is 2.33. The van der Waals surface area contributed by atoms with Gasteiger partial charge in [0.05, 0.1) is 13.7 Å². The van der Waals surface area contributed by atoms with E-state index in [4.69, 9.17) is 4.74 Å². The summed E-state index contributed by atoms with van der Waals surface area (Å²) in [6.45, 7) is 2.04. The topological polar surface area (TPSA) is 86.0 Å². The Morgan fingerprint density at radius 1 is 1.40 bits per heavy atom. The zero-order chi connectivity index (χ0) is 17.9. The fraction of sp³-hybridized carbons (Fsp3) is 0.333. The van der Waals surface area contributed by atoms with Gasteiger partial charge in [0.1, 0.15) is 24.1 Å². The summed E-state index contributed by atoms with van der Waals surface area (Å²) in [7, 11) is 1.50. The van der Waals surface area contributed by atoms with Crippen molar-refractivity contribution in [1.29, 1.82) is 0 Å². The van der Waals surface area contributed by atoms with Crippen LogP contribution in [0.4, 0.5) is 4.39 Å². The number of hydrogen-bond donors (Lipinski definition) is 1. The highest BCUT2D eigenvalue weighted by molar-refractivity contribution is 8.01. The maximum atomic E-state index is 13.3. The van der Waals surface area contributed by atoms with E-state index in [-0.39, 0.29) is 17.6 Å². The Kier molecular flexibility index (Phi) is 5.30. The first kappa shape index (κ1) is 17.8. The van der Waals surface area contributed by atoms with Gasteiger partial charge >= 0.3 is 6.01 Å². The zero-order valence-corrected chi connectivity index (χ0v) is 15.2. The Balaban J connectivity index is 1.90. The Labute approximate surface area is 152 Å². The minimum absolute atomic E-state index is 0.169. The normalized spacial score (nSPS) is 14.9. The monoisotopic (exact) mass is 381 g/mol. The van der Waals surface area contributed by atoms with Crippen LogP contribution in [0.1, 0.15) is 12.5 Å². The van der Waals surface area contributed by atoms with Crippen LogP contribution in [0, 0.1) is 5.82 Å². The molecular formula is C15H16FN5O2S2. The Bertz CT molecular complexity index is 812. The molecule has 0 fully saturated rings. The molecule has 25 heavy (non-hydrogen) atoms. The van der Waals surface area contributed by atoms with E-state index in [0.29, 0.717) is 15.9 Å². The third-order valence-electron chi connectivity index (χ3n) is 3.74. The van der Waals surface area contributed by atoms with E-state index in [0.717, 1.165) is 0 Å². The van der Waals surface area contributed by atoms with Gasteiger partial charge in [-0.1, -0.05) is 23.9 Å². The molecule has 0 aliphatic rings. The molecule has 3 rings (SSSR count). The first-order valence-electron chi connectivity index (χ1n) is 7.36. The molecule has 0 saturated heterocycles. The minimum atomic E-state index is -1.31. The molecule has 2 aromatic heterocycles. The molecule has 0 saturated carbocycles. The Hall–Kier alpha value is -2.04. The van der Waals surface area contributed by atoms with Crippen LogP contribution < -0.4 is 4.74 Å². The van der Waals surface area contributed by atoms with E-state index in [2.05, 4.69) is 19.4 Å². The number of benzene rings is 1. The van der Waals surface area contributed by atoms with Crippen LogP contribution in [0.3, 0.4) is 0 Å². The van der Waals surface area contributed by atoms with Crippen molar-refractivity contribution >= 4 is 23.3 Å². The quantitative estimate of drug-likeness (QED) is 0.629. The number of methoxy groups -OCH3 is 1. The molecule has 1 aromatic carbocycles. The molecule has 0 aliphatic heterocycles. The van der Waals surface area contributed by atoms with Gasteiger partial charge in [-0.15, -0.1) is 4.37 Å². The summed E-state index contributed by atoms with van der Waals surface area (Å²) in [5.41, 5.74) is -0.730. The van der Waals surface area contributed by atoms with Crippen LogP contribution in [0.15, 0.2) is 41.3 Å². The average molecular weight is 381 g/mol. The van der Waals surface area contributed by atoms with E-state index >= 15 is 0 Å². The number of nitrogens with zero attached hydrogens (tertiary/aromatic N) is 5. The molecule has 2 heterocycles. The first-order valence-corrected chi connectivity index (χ1v) is 9.02. The van der Waals surface area contributed by atoms with E-state index in [1.807, 2.05) is 6.92 Å². The SMILES string of the molecule is COc1nsc(SC(C)C(O)(Cn2cncn2)c2ccc(F)cc2)n1. The summed E-state index contributed by atoms with van der Waals surface area (Å²) in [5.74, 6) is -0.360. The third kappa shape index (κ3) is 3.97. The number of rotatable bonds is 7. The van der Waals surface area contributed by atoms with Crippen LogP contribution in [-0.4, -0.2) is 41.6 Å². The van der Waals surface area contributed by atoms with Crippen molar-refractivity contribution < 1.29 is 14.2 Å². The lowest BCUT2D eigenvalue weighted by Crippen LogP contribution is -2.40. The molecule has 2 atom stereocenters. The molecule has 1 N–H and O–H groups in total. The van der Waals surface area contributed by atoms with Crippen LogP contribution in [0.5, 0.6) is 6.01 Å². The summed E-state index contributed by atoms with van der Waals surface area (Å²) in [5, 5.41) is 15.2. The number of hydrogen-bond acceptors (Lipinski definition) is 8. The third-order valence-corrected chi connectivity index (χ3v) is 5.78. The molecule has 0 spiro atoms. The van der Waals surface area contributed by atoms with Crippen LogP contribution >= 0.6 is 23.3 Å². The van der Waals surface area contributed by atoms with E-state index < -0.39 is 5.60 Å². The van der Waals surface area contributed by atoms with Crippen molar-refractivity contribution in [2.24, 2.45) is 0 Å². The van der Waals surface area contributed by atoms with Crippen molar-refractivity contribution in [3.05, 3.63) is 48.3 Å². The van der Waals surface area contributed by atoms with E-state index in [1.165, 1.54) is 55.2 Å². The molecular weight excluding hydrogens is 365 g/mol. The maximum Gasteiger partial charge on any atom is 0.329 e. The standard InChI is InChI=1S/C15H16FN5O2S2/c1-10(24-14-19-13(23-2)20-25-14)15(22,7-21-9-17-8-18-21)11-3-5-12(16)6-4-11/h3-6,8-10,22H,7H2,1-2H3. The van der Waals surface area contributed by atoms with Crippen molar-refractivity contribution in [2.75, 3.05) is 7.11 Å². The number of thioether (sulfide) groups is 1. The highest BCUT2D eigenvalue weighted by Crippen LogP contribution is 2.39. The van der Waals surface area contributed by atoms with Gasteiger partial charge in [0.15, 0.2) is 4.34 Å². The van der Waals surface area contributed by atoms with Crippen molar-refractivity contribution in [3.63, 3.8) is 0 Å². The highest BCUT2D eigenvalue weighted by Gasteiger charge is 2.38. The lowest BCUT2D eigenvalue weighted by Gasteiger charge is -2.33. The van der Waals surface area contributed by atoms with Gasteiger partial charge in [-0.3, -0.25) is 0 Å². The number of aliphatic hydroxyl groups is 1. The van der Waals surface area contributed by atoms with Crippen molar-refractivity contribution in [1.82, 2.24) is 24.1 Å². The van der Waals surface area contributed by atoms with Crippen LogP contribution in [-0.2, 0) is 12.1 Å². The fourth-order valence-corrected chi connectivity index (χ4v) is 4.28. The van der Waals surface area contributed by atoms with Gasteiger partial charge in [-0.05, 0) is 36.2 Å². The summed E-state index contributed by atoms with van der Waals surface area (Å²) in [4.78, 5) is 8.14. The molecule has 132 valence electrons. The summed E-state index contributed by atoms with van der Waals surface area (Å²) in [6.07, 6.45) is 2.93. The van der Waals surface area contributed by atoms with Gasteiger partial charge in [0.2, 0.25) is 0 Å². The van der Waals surface area contributed by atoms with E-state index in [1.54, 1.807) is 16.8 Å². The summed E-state index contributed by atoms with van der Waals surface area (Å²) < 4.78 is 24.6. The van der Waals surface area contributed by atoms with Gasteiger partial charge in [-0.25, -0.2) is 14.1 Å². The smallest absolute Gasteiger partial charge is 0.329 e. The molecule has 0 aliphatic carbocycles. The van der Waals surface area contributed by atoms with Gasteiger partial charge in [-0.2, -0.15) is 10.1 Å². The zero-order valence-electron chi connectivity index (χ0n) is 13.5. The van der Waals surface area contributed by atoms with Gasteiger partial charge in [0.25, 0.3) is 0 Å². The van der Waals surface area contributed by atoms with Gasteiger partial charge in [0, 0.05) is 5.25 Å². The lowest BCUT2D eigenvalue weighted by atomic mass is 9.90. The predicted molar refractivity (Wildman–Crippen MR) is 92.1 cm³/mol. The first-order chi connectivity index (χ1) is 12.0. The predicted octanol–water partition coefficient (Wildman–Crippen LogP) is 2.35. The van der Waals surface area contributed by atoms with Crippen molar-refractivity contribution in [3.8, 4) is 6.01 Å².